The first-order valence-corrected chi connectivity index (χ1v) is 8.12. The fraction of sp³-hybridized carbons (Fsp3) is 0.368. The smallest absolute Gasteiger partial charge is 0.165 e. The van der Waals surface area contributed by atoms with Gasteiger partial charge in [-0.05, 0) is 56.5 Å². The summed E-state index contributed by atoms with van der Waals surface area (Å²) < 4.78 is 2.14. The molecule has 0 unspecified atom stereocenters. The van der Waals surface area contributed by atoms with Gasteiger partial charge in [-0.3, -0.25) is 4.57 Å². The number of aliphatic hydroxyl groups excluding tert-OH is 1. The summed E-state index contributed by atoms with van der Waals surface area (Å²) in [5.41, 5.74) is 6.25. The van der Waals surface area contributed by atoms with Crippen molar-refractivity contribution in [1.29, 1.82) is 0 Å². The van der Waals surface area contributed by atoms with Crippen LogP contribution in [0.2, 0.25) is 0 Å². The first-order valence-electron chi connectivity index (χ1n) is 8.12. The molecule has 0 aliphatic rings. The van der Waals surface area contributed by atoms with Gasteiger partial charge in [0.15, 0.2) is 5.65 Å². The highest BCUT2D eigenvalue weighted by Crippen LogP contribution is 2.24. The first kappa shape index (κ1) is 15.7. The molecule has 0 aliphatic heterocycles. The average Bonchev–Trinajstić information content (AvgIpc) is 2.86. The van der Waals surface area contributed by atoms with E-state index in [9.17, 15) is 5.11 Å². The number of benzene rings is 1. The number of fused-ring (bicyclic) bond motifs is 1. The molecular formula is C19H23N3O. The number of rotatable bonds is 4. The molecule has 0 aliphatic carbocycles. The molecule has 0 fully saturated rings. The SMILES string of the molecule is CCc1nc2c(C)cc(C)nc2n1-c1ccc(C[C@H](C)O)cc1. The summed E-state index contributed by atoms with van der Waals surface area (Å²) in [7, 11) is 0. The molecule has 3 aromatic rings. The van der Waals surface area contributed by atoms with Gasteiger partial charge in [0.2, 0.25) is 0 Å². The number of hydrogen-bond acceptors (Lipinski definition) is 3. The molecule has 3 rings (SSSR count). The van der Waals surface area contributed by atoms with Crippen molar-refractivity contribution in [3.63, 3.8) is 0 Å². The van der Waals surface area contributed by atoms with Gasteiger partial charge < -0.3 is 5.11 Å². The van der Waals surface area contributed by atoms with E-state index in [0.717, 1.165) is 45.9 Å². The highest BCUT2D eigenvalue weighted by Gasteiger charge is 2.14. The number of nitrogens with zero attached hydrogens (tertiary/aromatic N) is 3. The first-order chi connectivity index (χ1) is 11.0. The molecule has 0 radical (unpaired) electrons. The summed E-state index contributed by atoms with van der Waals surface area (Å²) in [6.07, 6.45) is 1.19. The molecule has 2 aromatic heterocycles. The van der Waals surface area contributed by atoms with Crippen LogP contribution in [-0.2, 0) is 12.8 Å². The van der Waals surface area contributed by atoms with Crippen molar-refractivity contribution >= 4 is 11.2 Å². The van der Waals surface area contributed by atoms with Crippen LogP contribution in [0.15, 0.2) is 30.3 Å². The lowest BCUT2D eigenvalue weighted by molar-refractivity contribution is 0.195. The maximum absolute atomic E-state index is 9.52. The van der Waals surface area contributed by atoms with Crippen LogP contribution in [0, 0.1) is 13.8 Å². The Hall–Kier alpha value is -2.20. The lowest BCUT2D eigenvalue weighted by atomic mass is 10.1. The minimum Gasteiger partial charge on any atom is -0.393 e. The summed E-state index contributed by atoms with van der Waals surface area (Å²) in [5.74, 6) is 1.02. The Labute approximate surface area is 136 Å². The summed E-state index contributed by atoms with van der Waals surface area (Å²) in [5, 5.41) is 9.52. The molecular weight excluding hydrogens is 286 g/mol. The van der Waals surface area contributed by atoms with Crippen molar-refractivity contribution in [2.45, 2.75) is 46.6 Å². The Bertz CT molecular complexity index is 832. The van der Waals surface area contributed by atoms with Gasteiger partial charge in [-0.25, -0.2) is 9.97 Å². The normalized spacial score (nSPS) is 12.7. The molecule has 1 atom stereocenters. The van der Waals surface area contributed by atoms with Gasteiger partial charge in [0.1, 0.15) is 11.3 Å². The number of hydrogen-bond donors (Lipinski definition) is 1. The molecule has 120 valence electrons. The van der Waals surface area contributed by atoms with Gasteiger partial charge in [-0.15, -0.1) is 0 Å². The van der Waals surface area contributed by atoms with Crippen LogP contribution in [0.5, 0.6) is 0 Å². The number of aromatic nitrogens is 3. The van der Waals surface area contributed by atoms with Gasteiger partial charge in [0, 0.05) is 17.8 Å². The fourth-order valence-electron chi connectivity index (χ4n) is 3.04. The molecule has 23 heavy (non-hydrogen) atoms. The summed E-state index contributed by atoms with van der Waals surface area (Å²) >= 11 is 0. The van der Waals surface area contributed by atoms with E-state index in [1.54, 1.807) is 0 Å². The Balaban J connectivity index is 2.14. The van der Waals surface area contributed by atoms with Crippen molar-refractivity contribution in [1.82, 2.24) is 14.5 Å². The highest BCUT2D eigenvalue weighted by atomic mass is 16.3. The van der Waals surface area contributed by atoms with Crippen LogP contribution in [0.25, 0.3) is 16.9 Å². The van der Waals surface area contributed by atoms with Crippen molar-refractivity contribution in [3.05, 3.63) is 53.0 Å². The quantitative estimate of drug-likeness (QED) is 0.802. The molecule has 2 heterocycles. The van der Waals surface area contributed by atoms with Gasteiger partial charge in [0.25, 0.3) is 0 Å². The number of aliphatic hydroxyl groups is 1. The molecule has 0 bridgehead atoms. The minimum atomic E-state index is -0.326. The molecule has 1 N–H and O–H groups in total. The zero-order valence-corrected chi connectivity index (χ0v) is 14.2. The van der Waals surface area contributed by atoms with Gasteiger partial charge in [-0.1, -0.05) is 19.1 Å². The summed E-state index contributed by atoms with van der Waals surface area (Å²) in [6, 6.07) is 10.4. The van der Waals surface area contributed by atoms with E-state index in [0.29, 0.717) is 6.42 Å². The van der Waals surface area contributed by atoms with Gasteiger partial charge in [0.05, 0.1) is 6.10 Å². The third kappa shape index (κ3) is 2.99. The van der Waals surface area contributed by atoms with Crippen LogP contribution < -0.4 is 0 Å². The fourth-order valence-corrected chi connectivity index (χ4v) is 3.04. The molecule has 4 nitrogen and oxygen atoms in total. The maximum Gasteiger partial charge on any atom is 0.165 e. The zero-order chi connectivity index (χ0) is 16.6. The standard InChI is InChI=1S/C19H23N3O/c1-5-17-21-18-12(2)10-13(3)20-19(18)22(17)16-8-6-15(7-9-16)11-14(4)23/h6-10,14,23H,5,11H2,1-4H3/t14-/m0/s1. The lowest BCUT2D eigenvalue weighted by Gasteiger charge is -2.10. The molecule has 0 saturated heterocycles. The Morgan fingerprint density at radius 1 is 1.13 bits per heavy atom. The number of imidazole rings is 1. The number of aryl methyl sites for hydroxylation is 3. The lowest BCUT2D eigenvalue weighted by Crippen LogP contribution is -2.05. The van der Waals surface area contributed by atoms with E-state index in [-0.39, 0.29) is 6.10 Å². The Kier molecular flexibility index (Phi) is 4.18. The molecule has 1 aromatic carbocycles. The van der Waals surface area contributed by atoms with Crippen molar-refractivity contribution in [3.8, 4) is 5.69 Å². The Morgan fingerprint density at radius 2 is 1.83 bits per heavy atom. The summed E-state index contributed by atoms with van der Waals surface area (Å²) in [4.78, 5) is 9.49. The van der Waals surface area contributed by atoms with Crippen LogP contribution in [0.3, 0.4) is 0 Å². The monoisotopic (exact) mass is 309 g/mol. The van der Waals surface area contributed by atoms with Gasteiger partial charge >= 0.3 is 0 Å². The highest BCUT2D eigenvalue weighted by molar-refractivity contribution is 5.78. The van der Waals surface area contributed by atoms with E-state index in [1.807, 2.05) is 13.8 Å². The van der Waals surface area contributed by atoms with Crippen LogP contribution in [0.1, 0.15) is 36.5 Å². The third-order valence-electron chi connectivity index (χ3n) is 4.05. The second-order valence-corrected chi connectivity index (χ2v) is 6.19. The van der Waals surface area contributed by atoms with Crippen LogP contribution in [0.4, 0.5) is 0 Å². The molecule has 0 amide bonds. The van der Waals surface area contributed by atoms with Crippen molar-refractivity contribution in [2.24, 2.45) is 0 Å². The second-order valence-electron chi connectivity index (χ2n) is 6.19. The Morgan fingerprint density at radius 3 is 2.43 bits per heavy atom. The van der Waals surface area contributed by atoms with Crippen molar-refractivity contribution < 1.29 is 5.11 Å². The predicted octanol–water partition coefficient (Wildman–Crippen LogP) is 3.52. The number of pyridine rings is 1. The minimum absolute atomic E-state index is 0.326. The molecule has 0 spiro atoms. The largest absolute Gasteiger partial charge is 0.393 e. The van der Waals surface area contributed by atoms with E-state index in [4.69, 9.17) is 9.97 Å². The zero-order valence-electron chi connectivity index (χ0n) is 14.2. The second kappa shape index (κ2) is 6.13. The van der Waals surface area contributed by atoms with E-state index < -0.39 is 0 Å². The van der Waals surface area contributed by atoms with E-state index in [1.165, 1.54) is 0 Å². The molecule has 0 saturated carbocycles. The van der Waals surface area contributed by atoms with Crippen molar-refractivity contribution in [2.75, 3.05) is 0 Å². The third-order valence-corrected chi connectivity index (χ3v) is 4.05. The summed E-state index contributed by atoms with van der Waals surface area (Å²) in [6.45, 7) is 8.02. The average molecular weight is 309 g/mol. The van der Waals surface area contributed by atoms with Crippen LogP contribution in [-0.4, -0.2) is 25.7 Å². The van der Waals surface area contributed by atoms with E-state index >= 15 is 0 Å². The van der Waals surface area contributed by atoms with E-state index in [2.05, 4.69) is 48.7 Å². The molecule has 4 heteroatoms. The topological polar surface area (TPSA) is 50.9 Å². The predicted molar refractivity (Wildman–Crippen MR) is 93.1 cm³/mol. The van der Waals surface area contributed by atoms with Crippen LogP contribution >= 0.6 is 0 Å². The maximum atomic E-state index is 9.52. The van der Waals surface area contributed by atoms with Gasteiger partial charge in [-0.2, -0.15) is 0 Å².